The van der Waals surface area contributed by atoms with Gasteiger partial charge in [0, 0.05) is 0 Å². The normalized spacial score (nSPS) is 11.4. The van der Waals surface area contributed by atoms with Crippen LogP contribution in [0.1, 0.15) is 153 Å². The molecule has 0 aromatic heterocycles. The van der Waals surface area contributed by atoms with Crippen molar-refractivity contribution in [3.8, 4) is 0 Å². The fraction of sp³-hybridized carbons (Fsp3) is 0.571. The third-order valence-corrected chi connectivity index (χ3v) is 11.5. The van der Waals surface area contributed by atoms with Crippen LogP contribution in [0.15, 0.2) is 72.8 Å². The predicted molar refractivity (Wildman–Crippen MR) is 196 cm³/mol. The van der Waals surface area contributed by atoms with E-state index in [-0.39, 0.29) is 0 Å². The first kappa shape index (κ1) is 35.6. The third-order valence-electron chi connectivity index (χ3n) is 9.04. The second-order valence-electron chi connectivity index (χ2n) is 12.9. The van der Waals surface area contributed by atoms with Gasteiger partial charge in [0.05, 0.1) is 0 Å². The van der Waals surface area contributed by atoms with Gasteiger partial charge in [0.25, 0.3) is 0 Å². The average Bonchev–Trinajstić information content (AvgIpc) is 3.04. The number of hydrogen-bond donors (Lipinski definition) is 0. The summed E-state index contributed by atoms with van der Waals surface area (Å²) in [5.74, 6) is 0. The summed E-state index contributed by atoms with van der Waals surface area (Å²) in [6.07, 6.45) is 28.2. The Labute approximate surface area is 268 Å². The Hall–Kier alpha value is -1.91. The Morgan fingerprint density at radius 1 is 0.302 bits per heavy atom. The van der Waals surface area contributed by atoms with Crippen molar-refractivity contribution in [1.82, 2.24) is 0 Å². The third kappa shape index (κ3) is 14.2. The van der Waals surface area contributed by atoms with Crippen LogP contribution in [0.25, 0.3) is 0 Å². The first-order chi connectivity index (χ1) is 21.2. The lowest BCUT2D eigenvalue weighted by Gasteiger charge is -2.20. The first-order valence-electron chi connectivity index (χ1n) is 18.3. The summed E-state index contributed by atoms with van der Waals surface area (Å²) in [5, 5.41) is 4.44. The molecule has 0 heterocycles. The van der Waals surface area contributed by atoms with E-state index in [1.807, 2.05) is 0 Å². The second-order valence-corrected chi connectivity index (χ2v) is 15.1. The van der Waals surface area contributed by atoms with Crippen LogP contribution in [0, 0.1) is 0 Å². The van der Waals surface area contributed by atoms with Crippen molar-refractivity contribution in [1.29, 1.82) is 0 Å². The summed E-state index contributed by atoms with van der Waals surface area (Å²) in [4.78, 5) is 0. The fourth-order valence-corrected chi connectivity index (χ4v) is 8.45. The molecule has 0 radical (unpaired) electrons. The highest BCUT2D eigenvalue weighted by Crippen LogP contribution is 2.33. The van der Waals surface area contributed by atoms with Crippen LogP contribution in [0.5, 0.6) is 0 Å². The van der Waals surface area contributed by atoms with E-state index in [0.29, 0.717) is 0 Å². The zero-order chi connectivity index (χ0) is 30.4. The Balaban J connectivity index is 1.66. The van der Waals surface area contributed by atoms with Crippen LogP contribution >= 0.6 is 7.92 Å². The number of aryl methyl sites for hydroxylation is 3. The van der Waals surface area contributed by atoms with E-state index < -0.39 is 7.92 Å². The van der Waals surface area contributed by atoms with Crippen LogP contribution in [-0.4, -0.2) is 0 Å². The van der Waals surface area contributed by atoms with Crippen LogP contribution in [0.4, 0.5) is 0 Å². The average molecular weight is 599 g/mol. The summed E-state index contributed by atoms with van der Waals surface area (Å²) >= 11 is 0. The minimum absolute atomic E-state index is 0.552. The van der Waals surface area contributed by atoms with Crippen molar-refractivity contribution in [2.45, 2.75) is 156 Å². The van der Waals surface area contributed by atoms with Crippen LogP contribution < -0.4 is 15.9 Å². The number of unbranched alkanes of at least 4 members (excludes halogenated alkanes) is 15. The van der Waals surface area contributed by atoms with Gasteiger partial charge in [-0.2, -0.15) is 0 Å². The molecule has 0 aliphatic rings. The summed E-state index contributed by atoms with van der Waals surface area (Å²) in [7, 11) is -0.552. The summed E-state index contributed by atoms with van der Waals surface area (Å²) in [6, 6.07) is 29.1. The van der Waals surface area contributed by atoms with Gasteiger partial charge in [-0.05, 0) is 79.1 Å². The maximum Gasteiger partial charge on any atom is -0.0134 e. The second kappa shape index (κ2) is 22.6. The van der Waals surface area contributed by atoms with Gasteiger partial charge in [-0.15, -0.1) is 0 Å². The van der Waals surface area contributed by atoms with Gasteiger partial charge < -0.3 is 0 Å². The van der Waals surface area contributed by atoms with Gasteiger partial charge in [-0.1, -0.05) is 190 Å². The SMILES string of the molecule is CCCCCCCCc1ccc(P(c2ccc(CCCCCCCC)cc2)c2ccc(CCCCCCCC)cc2)cc1. The van der Waals surface area contributed by atoms with Crippen LogP contribution in [-0.2, 0) is 19.3 Å². The maximum atomic E-state index is 2.44. The molecule has 0 spiro atoms. The van der Waals surface area contributed by atoms with E-state index in [1.54, 1.807) is 0 Å². The molecule has 3 rings (SSSR count). The van der Waals surface area contributed by atoms with Gasteiger partial charge in [-0.3, -0.25) is 0 Å². The van der Waals surface area contributed by atoms with E-state index in [9.17, 15) is 0 Å². The van der Waals surface area contributed by atoms with E-state index in [2.05, 4.69) is 93.6 Å². The lowest BCUT2D eigenvalue weighted by Crippen LogP contribution is -2.21. The number of rotatable bonds is 24. The summed E-state index contributed by atoms with van der Waals surface area (Å²) < 4.78 is 0. The Morgan fingerprint density at radius 3 is 0.791 bits per heavy atom. The topological polar surface area (TPSA) is 0 Å². The molecule has 0 amide bonds. The van der Waals surface area contributed by atoms with E-state index in [0.717, 1.165) is 0 Å². The van der Waals surface area contributed by atoms with Gasteiger partial charge in [0.2, 0.25) is 0 Å². The Bertz CT molecular complexity index is 922. The fourth-order valence-electron chi connectivity index (χ4n) is 6.21. The van der Waals surface area contributed by atoms with E-state index in [4.69, 9.17) is 0 Å². The molecule has 0 unspecified atom stereocenters. The van der Waals surface area contributed by atoms with Gasteiger partial charge in [-0.25, -0.2) is 0 Å². The highest BCUT2D eigenvalue weighted by molar-refractivity contribution is 7.79. The van der Waals surface area contributed by atoms with Crippen molar-refractivity contribution in [2.75, 3.05) is 0 Å². The van der Waals surface area contributed by atoms with Gasteiger partial charge in [0.1, 0.15) is 0 Å². The first-order valence-corrected chi connectivity index (χ1v) is 19.7. The predicted octanol–water partition coefficient (Wildman–Crippen LogP) is 12.2. The Kier molecular flexibility index (Phi) is 18.7. The lowest BCUT2D eigenvalue weighted by atomic mass is 10.1. The smallest absolute Gasteiger partial charge is 0.0134 e. The number of hydrogen-bond acceptors (Lipinski definition) is 0. The molecule has 0 saturated carbocycles. The van der Waals surface area contributed by atoms with E-state index >= 15 is 0 Å². The summed E-state index contributed by atoms with van der Waals surface area (Å²) in [5.41, 5.74) is 4.49. The molecule has 0 atom stereocenters. The van der Waals surface area contributed by atoms with Crippen molar-refractivity contribution in [3.63, 3.8) is 0 Å². The largest absolute Gasteiger partial charge is 0.0654 e. The number of benzene rings is 3. The molecule has 3 aromatic rings. The van der Waals surface area contributed by atoms with Crippen molar-refractivity contribution < 1.29 is 0 Å². The molecule has 0 bridgehead atoms. The summed E-state index contributed by atoms with van der Waals surface area (Å²) in [6.45, 7) is 6.89. The zero-order valence-corrected chi connectivity index (χ0v) is 29.1. The van der Waals surface area contributed by atoms with Gasteiger partial charge >= 0.3 is 0 Å². The van der Waals surface area contributed by atoms with Crippen molar-refractivity contribution >= 4 is 23.8 Å². The monoisotopic (exact) mass is 598 g/mol. The molecule has 0 fully saturated rings. The molecular weight excluding hydrogens is 535 g/mol. The lowest BCUT2D eigenvalue weighted by molar-refractivity contribution is 0.607. The van der Waals surface area contributed by atoms with Crippen LogP contribution in [0.3, 0.4) is 0 Å². The highest BCUT2D eigenvalue weighted by Gasteiger charge is 2.17. The Morgan fingerprint density at radius 2 is 0.535 bits per heavy atom. The van der Waals surface area contributed by atoms with Crippen molar-refractivity contribution in [3.05, 3.63) is 89.5 Å². The minimum atomic E-state index is -0.552. The zero-order valence-electron chi connectivity index (χ0n) is 28.2. The molecule has 1 heteroatoms. The van der Waals surface area contributed by atoms with E-state index in [1.165, 1.54) is 167 Å². The molecule has 0 saturated heterocycles. The molecule has 0 nitrogen and oxygen atoms in total. The van der Waals surface area contributed by atoms with Crippen molar-refractivity contribution in [2.24, 2.45) is 0 Å². The van der Waals surface area contributed by atoms with Gasteiger partial charge in [0.15, 0.2) is 0 Å². The highest BCUT2D eigenvalue weighted by atomic mass is 31.1. The molecule has 236 valence electrons. The maximum absolute atomic E-state index is 2.44. The molecule has 0 aliphatic heterocycles. The standard InChI is InChI=1S/C42H63P/c1-4-7-10-13-16-19-22-37-25-31-40(32-26-37)43(41-33-27-38(28-34-41)23-20-17-14-11-8-5-2)42-35-29-39(30-36-42)24-21-18-15-12-9-6-3/h25-36H,4-24H2,1-3H3. The molecule has 3 aromatic carbocycles. The minimum Gasteiger partial charge on any atom is -0.0654 e. The molecule has 0 aliphatic carbocycles. The van der Waals surface area contributed by atoms with Crippen LogP contribution in [0.2, 0.25) is 0 Å². The molecule has 0 N–H and O–H groups in total. The molecule has 43 heavy (non-hydrogen) atoms. The quantitative estimate of drug-likeness (QED) is 0.0710. The molecular formula is C42H63P.